The minimum Gasteiger partial charge on any atom is -0.229 e. The molecule has 0 saturated carbocycles. The molecule has 120 valence electrons. The van der Waals surface area contributed by atoms with Crippen LogP contribution in [0, 0.1) is 0 Å². The molecule has 1 aromatic carbocycles. The predicted octanol–water partition coefficient (Wildman–Crippen LogP) is 0.949. The second-order valence-corrected chi connectivity index (χ2v) is 8.65. The van der Waals surface area contributed by atoms with Gasteiger partial charge in [-0.05, 0) is 5.56 Å². The Kier molecular flexibility index (Phi) is 6.33. The van der Waals surface area contributed by atoms with Crippen LogP contribution in [0.15, 0.2) is 30.3 Å². The van der Waals surface area contributed by atoms with Crippen molar-refractivity contribution in [2.75, 3.05) is 25.1 Å². The number of benzene rings is 1. The van der Waals surface area contributed by atoms with Gasteiger partial charge in [0, 0.05) is 19.3 Å². The molecule has 0 aliphatic rings. The number of hydrogen-bond donors (Lipinski definition) is 1. The van der Waals surface area contributed by atoms with Crippen molar-refractivity contribution >= 4 is 20.0 Å². The Hall–Kier alpha value is -0.960. The molecule has 1 unspecified atom stereocenters. The third kappa shape index (κ3) is 5.74. The summed E-state index contributed by atoms with van der Waals surface area (Å²) < 4.78 is 51.4. The van der Waals surface area contributed by atoms with E-state index in [0.29, 0.717) is 18.7 Å². The Morgan fingerprint density at radius 3 is 2.00 bits per heavy atom. The van der Waals surface area contributed by atoms with Crippen molar-refractivity contribution in [2.45, 2.75) is 19.9 Å². The summed E-state index contributed by atoms with van der Waals surface area (Å²) in [6.07, 6.45) is 1.09. The van der Waals surface area contributed by atoms with Crippen LogP contribution in [0.5, 0.6) is 0 Å². The molecule has 0 heterocycles. The molecule has 21 heavy (non-hydrogen) atoms. The fourth-order valence-electron chi connectivity index (χ4n) is 2.00. The lowest BCUT2D eigenvalue weighted by Gasteiger charge is -2.24. The summed E-state index contributed by atoms with van der Waals surface area (Å²) in [6, 6.07) is 7.90. The van der Waals surface area contributed by atoms with Gasteiger partial charge in [-0.3, -0.25) is 0 Å². The molecule has 1 N–H and O–H groups in total. The molecule has 0 bridgehead atoms. The number of nitrogens with one attached hydrogen (secondary N) is 1. The third-order valence-corrected chi connectivity index (χ3v) is 5.73. The Labute approximate surface area is 127 Å². The smallest absolute Gasteiger partial charge is 0.229 e. The van der Waals surface area contributed by atoms with E-state index in [-0.39, 0.29) is 5.75 Å². The average molecular weight is 334 g/mol. The highest BCUT2D eigenvalue weighted by atomic mass is 32.2. The van der Waals surface area contributed by atoms with Gasteiger partial charge in [-0.25, -0.2) is 8.42 Å². The quantitative estimate of drug-likeness (QED) is 0.767. The largest absolute Gasteiger partial charge is 0.280 e. The van der Waals surface area contributed by atoms with Crippen molar-refractivity contribution in [3.05, 3.63) is 35.9 Å². The minimum absolute atomic E-state index is 0.280. The van der Waals surface area contributed by atoms with Crippen LogP contribution < -0.4 is 4.72 Å². The number of sulfone groups is 1. The van der Waals surface area contributed by atoms with Crippen molar-refractivity contribution in [3.8, 4) is 0 Å². The number of rotatable bonds is 8. The van der Waals surface area contributed by atoms with Gasteiger partial charge in [-0.15, -0.1) is 0 Å². The van der Waals surface area contributed by atoms with Gasteiger partial charge in [0.2, 0.25) is 0 Å². The van der Waals surface area contributed by atoms with Gasteiger partial charge in [0.15, 0.2) is 0 Å². The second kappa shape index (κ2) is 7.35. The molecular formula is C13H22N2O4S2. The van der Waals surface area contributed by atoms with Crippen LogP contribution in [-0.4, -0.2) is 46.2 Å². The van der Waals surface area contributed by atoms with Crippen LogP contribution in [0.3, 0.4) is 0 Å². The minimum atomic E-state index is -3.72. The van der Waals surface area contributed by atoms with E-state index in [1.165, 1.54) is 4.31 Å². The van der Waals surface area contributed by atoms with Gasteiger partial charge in [-0.2, -0.15) is 17.4 Å². The maximum atomic E-state index is 12.3. The Morgan fingerprint density at radius 2 is 1.57 bits per heavy atom. The van der Waals surface area contributed by atoms with Gasteiger partial charge < -0.3 is 0 Å². The fraction of sp³-hybridized carbons (Fsp3) is 0.538. The molecule has 8 heteroatoms. The fourth-order valence-corrected chi connectivity index (χ4v) is 4.40. The summed E-state index contributed by atoms with van der Waals surface area (Å²) in [5, 5.41) is 0. The van der Waals surface area contributed by atoms with Crippen molar-refractivity contribution in [2.24, 2.45) is 0 Å². The Bertz CT molecular complexity index is 638. The standard InChI is InChI=1S/C13H22N2O4S2/c1-4-15(5-2)21(18,19)14-13(11-20(3,16)17)12-9-7-6-8-10-12/h6-10,13-14H,4-5,11H2,1-3H3. The van der Waals surface area contributed by atoms with Gasteiger partial charge in [-0.1, -0.05) is 44.2 Å². The lowest BCUT2D eigenvalue weighted by atomic mass is 10.1. The monoisotopic (exact) mass is 334 g/mol. The van der Waals surface area contributed by atoms with E-state index in [1.807, 2.05) is 0 Å². The van der Waals surface area contributed by atoms with Crippen LogP contribution in [0.2, 0.25) is 0 Å². The van der Waals surface area contributed by atoms with Crippen molar-refractivity contribution in [1.82, 2.24) is 9.03 Å². The first-order valence-electron chi connectivity index (χ1n) is 6.69. The van der Waals surface area contributed by atoms with Crippen LogP contribution in [0.25, 0.3) is 0 Å². The maximum Gasteiger partial charge on any atom is 0.280 e. The summed E-state index contributed by atoms with van der Waals surface area (Å²) in [6.45, 7) is 4.12. The van der Waals surface area contributed by atoms with Gasteiger partial charge in [0.1, 0.15) is 9.84 Å². The zero-order valence-corrected chi connectivity index (χ0v) is 14.1. The molecule has 1 rings (SSSR count). The molecule has 0 spiro atoms. The first kappa shape index (κ1) is 18.1. The topological polar surface area (TPSA) is 83.6 Å². The van der Waals surface area contributed by atoms with Gasteiger partial charge >= 0.3 is 0 Å². The molecule has 1 aromatic rings. The van der Waals surface area contributed by atoms with E-state index in [2.05, 4.69) is 4.72 Å². The molecule has 0 radical (unpaired) electrons. The first-order valence-corrected chi connectivity index (χ1v) is 10.2. The summed E-state index contributed by atoms with van der Waals surface area (Å²) >= 11 is 0. The van der Waals surface area contributed by atoms with Gasteiger partial charge in [0.05, 0.1) is 11.8 Å². The molecule has 0 aliphatic carbocycles. The average Bonchev–Trinajstić information content (AvgIpc) is 2.38. The van der Waals surface area contributed by atoms with Crippen molar-refractivity contribution in [3.63, 3.8) is 0 Å². The van der Waals surface area contributed by atoms with Crippen LogP contribution in [0.4, 0.5) is 0 Å². The Morgan fingerprint density at radius 1 is 1.05 bits per heavy atom. The van der Waals surface area contributed by atoms with E-state index in [4.69, 9.17) is 0 Å². The van der Waals surface area contributed by atoms with E-state index >= 15 is 0 Å². The van der Waals surface area contributed by atoms with E-state index in [1.54, 1.807) is 44.2 Å². The summed E-state index contributed by atoms with van der Waals surface area (Å²) in [4.78, 5) is 0. The molecule has 0 fully saturated rings. The normalized spacial score (nSPS) is 14.3. The van der Waals surface area contributed by atoms with E-state index in [9.17, 15) is 16.8 Å². The SMILES string of the molecule is CCN(CC)S(=O)(=O)NC(CS(C)(=O)=O)c1ccccc1. The summed E-state index contributed by atoms with van der Waals surface area (Å²) in [5.41, 5.74) is 0.624. The highest BCUT2D eigenvalue weighted by Gasteiger charge is 2.26. The second-order valence-electron chi connectivity index (χ2n) is 4.76. The van der Waals surface area contributed by atoms with E-state index < -0.39 is 26.1 Å². The molecule has 6 nitrogen and oxygen atoms in total. The third-order valence-electron chi connectivity index (χ3n) is 3.01. The maximum absolute atomic E-state index is 12.3. The molecule has 0 saturated heterocycles. The Balaban J connectivity index is 3.09. The molecule has 1 atom stereocenters. The van der Waals surface area contributed by atoms with Crippen LogP contribution in [0.1, 0.15) is 25.5 Å². The highest BCUT2D eigenvalue weighted by Crippen LogP contribution is 2.17. The van der Waals surface area contributed by atoms with E-state index in [0.717, 1.165) is 6.26 Å². The zero-order valence-electron chi connectivity index (χ0n) is 12.5. The highest BCUT2D eigenvalue weighted by molar-refractivity contribution is 7.90. The summed E-state index contributed by atoms with van der Waals surface area (Å²) in [7, 11) is -7.05. The van der Waals surface area contributed by atoms with Crippen LogP contribution >= 0.6 is 0 Å². The predicted molar refractivity (Wildman–Crippen MR) is 83.9 cm³/mol. The van der Waals surface area contributed by atoms with Crippen molar-refractivity contribution < 1.29 is 16.8 Å². The zero-order chi connectivity index (χ0) is 16.1. The molecule has 0 aliphatic heterocycles. The van der Waals surface area contributed by atoms with Gasteiger partial charge in [0.25, 0.3) is 10.2 Å². The molecule has 0 aromatic heterocycles. The van der Waals surface area contributed by atoms with Crippen LogP contribution in [-0.2, 0) is 20.0 Å². The van der Waals surface area contributed by atoms with Crippen molar-refractivity contribution in [1.29, 1.82) is 0 Å². The first-order chi connectivity index (χ1) is 9.69. The molecule has 0 amide bonds. The summed E-state index contributed by atoms with van der Waals surface area (Å²) in [5.74, 6) is -0.280. The molecular weight excluding hydrogens is 312 g/mol. The number of hydrogen-bond acceptors (Lipinski definition) is 4. The number of nitrogens with zero attached hydrogens (tertiary/aromatic N) is 1. The lowest BCUT2D eigenvalue weighted by Crippen LogP contribution is -2.43. The lowest BCUT2D eigenvalue weighted by molar-refractivity contribution is 0.429.